The van der Waals surface area contributed by atoms with Crippen molar-refractivity contribution in [1.29, 1.82) is 0 Å². The summed E-state index contributed by atoms with van der Waals surface area (Å²) in [5.41, 5.74) is 6.26. The second kappa shape index (κ2) is 20.6. The Balaban J connectivity index is 0.000000151. The summed E-state index contributed by atoms with van der Waals surface area (Å²) in [7, 11) is 0. The Labute approximate surface area is 348 Å². The smallest absolute Gasteiger partial charge is 0.346 e. The SMILES string of the molecule is O=C(O)Cc1ccc(Cl)cc1.O=C(O)c1ccccc1CCc1ccc(Cl)cc1.O=C1O/C(=C\c2ccc(Cl)cc2)c2ccccc21.O=C1OC(=O)c2ccccc21. The number of aryl methyl sites for hydroxylation is 2. The maximum absolute atomic E-state index is 11.6. The van der Waals surface area contributed by atoms with Crippen LogP contribution < -0.4 is 0 Å². The van der Waals surface area contributed by atoms with E-state index in [9.17, 15) is 24.0 Å². The van der Waals surface area contributed by atoms with Crippen LogP contribution in [0.1, 0.15) is 69.2 Å². The van der Waals surface area contributed by atoms with Crippen LogP contribution in [0.3, 0.4) is 0 Å². The van der Waals surface area contributed by atoms with Gasteiger partial charge in [0.15, 0.2) is 0 Å². The highest BCUT2D eigenvalue weighted by Crippen LogP contribution is 2.31. The molecule has 0 amide bonds. The number of aliphatic carboxylic acids is 1. The standard InChI is InChI=1S/C15H9ClO2.C15H13ClO2.C8H7ClO2.C8H4O3/c16-11-7-5-10(6-8-11)9-14-12-3-1-2-4-13(12)15(17)18-14;16-13-9-6-11(7-10-13)5-8-12-3-1-2-4-14(12)15(17)18;9-7-3-1-6(2-4-7)5-8(10)11;9-7-5-3-1-2-4-6(5)8(10)11-7/h1-9H;1-4,6-7,9-10H,5,8H2,(H,17,18);1-4H,5H2,(H,10,11);1-4H/b14-9-;;;. The van der Waals surface area contributed by atoms with Gasteiger partial charge in [0, 0.05) is 20.6 Å². The molecule has 0 saturated carbocycles. The molecule has 6 aromatic carbocycles. The van der Waals surface area contributed by atoms with Gasteiger partial charge in [-0.25, -0.2) is 19.2 Å². The zero-order chi connectivity index (χ0) is 41.6. The first-order valence-corrected chi connectivity index (χ1v) is 18.7. The number of aromatic carboxylic acids is 1. The fourth-order valence-electron chi connectivity index (χ4n) is 5.59. The van der Waals surface area contributed by atoms with Gasteiger partial charge in [-0.3, -0.25) is 4.79 Å². The number of hydrogen-bond acceptors (Lipinski definition) is 7. The lowest BCUT2D eigenvalue weighted by molar-refractivity contribution is -0.136. The summed E-state index contributed by atoms with van der Waals surface area (Å²) >= 11 is 17.2. The molecule has 0 atom stereocenters. The first kappa shape index (κ1) is 42.6. The number of carboxylic acid groups (broad SMARTS) is 2. The largest absolute Gasteiger partial charge is 0.481 e. The molecule has 0 radical (unpaired) electrons. The average Bonchev–Trinajstić information content (AvgIpc) is 3.70. The van der Waals surface area contributed by atoms with Crippen LogP contribution in [-0.4, -0.2) is 40.1 Å². The first-order chi connectivity index (χ1) is 27.9. The third kappa shape index (κ3) is 12.2. The first-order valence-electron chi connectivity index (χ1n) is 17.5. The number of fused-ring (bicyclic) bond motifs is 2. The van der Waals surface area contributed by atoms with Gasteiger partial charge in [0.1, 0.15) is 5.76 Å². The molecular formula is C46H33Cl3O9. The molecule has 8 rings (SSSR count). The number of carbonyl (C=O) groups excluding carboxylic acids is 3. The minimum Gasteiger partial charge on any atom is -0.481 e. The second-order valence-corrected chi connectivity index (χ2v) is 13.8. The lowest BCUT2D eigenvalue weighted by Crippen LogP contribution is -2.03. The number of hydrogen-bond donors (Lipinski definition) is 2. The molecule has 2 aliphatic heterocycles. The molecule has 0 bridgehead atoms. The minimum absolute atomic E-state index is 0.0527. The normalized spacial score (nSPS) is 12.6. The maximum atomic E-state index is 11.6. The van der Waals surface area contributed by atoms with Crippen LogP contribution in [0.5, 0.6) is 0 Å². The maximum Gasteiger partial charge on any atom is 0.346 e. The van der Waals surface area contributed by atoms with Crippen LogP contribution in [-0.2, 0) is 33.5 Å². The Bertz CT molecular complexity index is 2430. The van der Waals surface area contributed by atoms with E-state index in [0.29, 0.717) is 49.5 Å². The highest BCUT2D eigenvalue weighted by atomic mass is 35.5. The molecule has 9 nitrogen and oxygen atoms in total. The molecule has 0 fully saturated rings. The molecule has 0 unspecified atom stereocenters. The van der Waals surface area contributed by atoms with Crippen LogP contribution >= 0.6 is 34.8 Å². The van der Waals surface area contributed by atoms with E-state index in [-0.39, 0.29) is 12.4 Å². The number of carboxylic acids is 2. The topological polar surface area (TPSA) is 144 Å². The summed E-state index contributed by atoms with van der Waals surface area (Å²) < 4.78 is 9.61. The van der Waals surface area contributed by atoms with E-state index in [4.69, 9.17) is 49.8 Å². The molecule has 12 heteroatoms. The third-order valence-electron chi connectivity index (χ3n) is 8.45. The highest BCUT2D eigenvalue weighted by molar-refractivity contribution is 6.31. The summed E-state index contributed by atoms with van der Waals surface area (Å²) in [5.74, 6) is -2.52. The van der Waals surface area contributed by atoms with Crippen molar-refractivity contribution in [3.8, 4) is 0 Å². The zero-order valence-electron chi connectivity index (χ0n) is 30.4. The number of carbonyl (C=O) groups is 5. The van der Waals surface area contributed by atoms with Gasteiger partial charge in [0.2, 0.25) is 0 Å². The zero-order valence-corrected chi connectivity index (χ0v) is 32.7. The predicted molar refractivity (Wildman–Crippen MR) is 222 cm³/mol. The van der Waals surface area contributed by atoms with Crippen molar-refractivity contribution in [2.75, 3.05) is 0 Å². The van der Waals surface area contributed by atoms with Crippen molar-refractivity contribution in [3.63, 3.8) is 0 Å². The van der Waals surface area contributed by atoms with Crippen molar-refractivity contribution in [2.24, 2.45) is 0 Å². The second-order valence-electron chi connectivity index (χ2n) is 12.5. The van der Waals surface area contributed by atoms with Gasteiger partial charge in [0.25, 0.3) is 0 Å². The predicted octanol–water partition coefficient (Wildman–Crippen LogP) is 10.8. The van der Waals surface area contributed by atoms with Gasteiger partial charge in [-0.15, -0.1) is 0 Å². The number of esters is 3. The van der Waals surface area contributed by atoms with E-state index < -0.39 is 23.9 Å². The van der Waals surface area contributed by atoms with Crippen molar-refractivity contribution in [3.05, 3.63) is 211 Å². The van der Waals surface area contributed by atoms with Crippen LogP contribution in [0.4, 0.5) is 0 Å². The van der Waals surface area contributed by atoms with E-state index in [1.165, 1.54) is 0 Å². The van der Waals surface area contributed by atoms with Gasteiger partial charge in [-0.1, -0.05) is 120 Å². The van der Waals surface area contributed by atoms with Gasteiger partial charge in [-0.2, -0.15) is 0 Å². The molecular weight excluding hydrogens is 803 g/mol. The lowest BCUT2D eigenvalue weighted by Gasteiger charge is -2.06. The van der Waals surface area contributed by atoms with E-state index in [0.717, 1.165) is 34.2 Å². The van der Waals surface area contributed by atoms with Crippen molar-refractivity contribution >= 4 is 76.5 Å². The van der Waals surface area contributed by atoms with Crippen LogP contribution in [0.15, 0.2) is 146 Å². The Kier molecular flexibility index (Phi) is 15.1. The van der Waals surface area contributed by atoms with E-state index in [1.54, 1.807) is 78.9 Å². The Morgan fingerprint density at radius 3 is 1.45 bits per heavy atom. The van der Waals surface area contributed by atoms with Crippen molar-refractivity contribution in [2.45, 2.75) is 19.3 Å². The summed E-state index contributed by atoms with van der Waals surface area (Å²) in [6, 6.07) is 42.7. The molecule has 2 aliphatic rings. The number of cyclic esters (lactones) is 3. The van der Waals surface area contributed by atoms with Crippen LogP contribution in [0.25, 0.3) is 11.8 Å². The van der Waals surface area contributed by atoms with Gasteiger partial charge in [0.05, 0.1) is 28.7 Å². The fraction of sp³-hybridized carbons (Fsp3) is 0.0652. The highest BCUT2D eigenvalue weighted by Gasteiger charge is 2.28. The van der Waals surface area contributed by atoms with Gasteiger partial charge < -0.3 is 19.7 Å². The molecule has 292 valence electrons. The van der Waals surface area contributed by atoms with E-state index in [1.807, 2.05) is 72.8 Å². The minimum atomic E-state index is -0.873. The Morgan fingerprint density at radius 1 is 0.500 bits per heavy atom. The van der Waals surface area contributed by atoms with E-state index in [2.05, 4.69) is 4.74 Å². The molecule has 2 heterocycles. The monoisotopic (exact) mass is 834 g/mol. The molecule has 2 N–H and O–H groups in total. The Morgan fingerprint density at radius 2 is 0.931 bits per heavy atom. The summed E-state index contributed by atoms with van der Waals surface area (Å²) in [4.78, 5) is 54.6. The quantitative estimate of drug-likeness (QED) is 0.119. The molecule has 0 aromatic heterocycles. The molecule has 0 aliphatic carbocycles. The van der Waals surface area contributed by atoms with E-state index >= 15 is 0 Å². The third-order valence-corrected chi connectivity index (χ3v) is 9.20. The van der Waals surface area contributed by atoms with Crippen LogP contribution in [0.2, 0.25) is 15.1 Å². The van der Waals surface area contributed by atoms with Crippen molar-refractivity contribution in [1.82, 2.24) is 0 Å². The molecule has 6 aromatic rings. The van der Waals surface area contributed by atoms with Crippen molar-refractivity contribution < 1.29 is 43.7 Å². The summed E-state index contributed by atoms with van der Waals surface area (Å²) in [5, 5.41) is 19.5. The lowest BCUT2D eigenvalue weighted by atomic mass is 10.00. The number of halogens is 3. The molecule has 0 spiro atoms. The average molecular weight is 836 g/mol. The molecule has 0 saturated heterocycles. The Hall–Kier alpha value is -6.52. The number of ether oxygens (including phenoxy) is 2. The summed E-state index contributed by atoms with van der Waals surface area (Å²) in [6.07, 6.45) is 3.41. The fourth-order valence-corrected chi connectivity index (χ4v) is 5.97. The van der Waals surface area contributed by atoms with Gasteiger partial charge >= 0.3 is 29.8 Å². The molecule has 58 heavy (non-hydrogen) atoms. The summed E-state index contributed by atoms with van der Waals surface area (Å²) in [6.45, 7) is 0. The van der Waals surface area contributed by atoms with Gasteiger partial charge in [-0.05, 0) is 102 Å². The number of rotatable bonds is 7. The van der Waals surface area contributed by atoms with Crippen LogP contribution in [0, 0.1) is 0 Å². The number of benzene rings is 6.